The molecule has 0 radical (unpaired) electrons. The lowest BCUT2D eigenvalue weighted by Gasteiger charge is -2.32. The average Bonchev–Trinajstić information content (AvgIpc) is 2.55. The van der Waals surface area contributed by atoms with Gasteiger partial charge in [-0.15, -0.1) is 0 Å². The highest BCUT2D eigenvalue weighted by atomic mass is 31.2. The highest BCUT2D eigenvalue weighted by Crippen LogP contribution is 2.44. The van der Waals surface area contributed by atoms with Crippen molar-refractivity contribution in [2.24, 2.45) is 5.92 Å². The van der Waals surface area contributed by atoms with E-state index in [4.69, 9.17) is 9.05 Å². The van der Waals surface area contributed by atoms with Gasteiger partial charge in [-0.25, -0.2) is 0 Å². The van der Waals surface area contributed by atoms with Crippen molar-refractivity contribution in [3.8, 4) is 5.75 Å². The number of unbranched alkanes of at least 4 members (excludes halogenated alkanes) is 4. The molecule has 162 valence electrons. The molecule has 0 aliphatic rings. The zero-order valence-corrected chi connectivity index (χ0v) is 20.4. The van der Waals surface area contributed by atoms with Crippen LogP contribution in [0.25, 0.3) is 0 Å². The summed E-state index contributed by atoms with van der Waals surface area (Å²) in [5, 5.41) is 0. The fraction of sp³-hybridized carbons (Fsp3) is 0.750. The van der Waals surface area contributed by atoms with E-state index in [9.17, 15) is 4.89 Å². The van der Waals surface area contributed by atoms with Crippen LogP contribution in [-0.2, 0) is 15.4 Å². The van der Waals surface area contributed by atoms with Crippen LogP contribution in [0.4, 0.5) is 0 Å². The molecule has 28 heavy (non-hydrogen) atoms. The highest BCUT2D eigenvalue weighted by molar-refractivity contribution is 7.41. The summed E-state index contributed by atoms with van der Waals surface area (Å²) >= 11 is 0. The van der Waals surface area contributed by atoms with Crippen molar-refractivity contribution >= 4 is 8.60 Å². The first-order chi connectivity index (χ1) is 12.9. The van der Waals surface area contributed by atoms with Crippen LogP contribution in [-0.4, -0.2) is 11.5 Å². The van der Waals surface area contributed by atoms with E-state index in [1.807, 2.05) is 12.1 Å². The van der Waals surface area contributed by atoms with E-state index in [0.29, 0.717) is 6.61 Å². The van der Waals surface area contributed by atoms with E-state index in [-0.39, 0.29) is 10.8 Å². The Morgan fingerprint density at radius 2 is 1.50 bits per heavy atom. The Morgan fingerprint density at radius 1 is 0.893 bits per heavy atom. The first-order valence-electron chi connectivity index (χ1n) is 10.9. The van der Waals surface area contributed by atoms with Gasteiger partial charge >= 0.3 is 8.60 Å². The van der Waals surface area contributed by atoms with Crippen molar-refractivity contribution in [2.45, 2.75) is 105 Å². The third-order valence-electron chi connectivity index (χ3n) is 4.89. The van der Waals surface area contributed by atoms with Gasteiger partial charge in [0.05, 0.1) is 6.61 Å². The number of hydrogen-bond donors (Lipinski definition) is 1. The molecule has 1 atom stereocenters. The maximum absolute atomic E-state index is 10.3. The summed E-state index contributed by atoms with van der Waals surface area (Å²) in [6.45, 7) is 18.3. The summed E-state index contributed by atoms with van der Waals surface area (Å²) in [6, 6.07) is 6.11. The van der Waals surface area contributed by atoms with Crippen LogP contribution in [0.5, 0.6) is 5.75 Å². The van der Waals surface area contributed by atoms with Crippen molar-refractivity contribution < 1.29 is 13.9 Å². The predicted molar refractivity (Wildman–Crippen MR) is 122 cm³/mol. The van der Waals surface area contributed by atoms with Crippen molar-refractivity contribution in [1.82, 2.24) is 0 Å². The molecule has 0 spiro atoms. The Kier molecular flexibility index (Phi) is 10.5. The molecule has 0 aliphatic carbocycles. The molecular formula is C24H43O3P. The van der Waals surface area contributed by atoms with Crippen LogP contribution >= 0.6 is 8.60 Å². The van der Waals surface area contributed by atoms with Gasteiger partial charge < -0.3 is 13.9 Å². The van der Waals surface area contributed by atoms with Gasteiger partial charge in [0.15, 0.2) is 0 Å². The number of hydrogen-bond acceptors (Lipinski definition) is 3. The molecule has 0 aliphatic heterocycles. The molecule has 0 saturated carbocycles. The molecule has 3 nitrogen and oxygen atoms in total. The minimum absolute atomic E-state index is 0.0105. The van der Waals surface area contributed by atoms with Gasteiger partial charge in [0.1, 0.15) is 5.75 Å². The third kappa shape index (κ3) is 9.25. The Labute approximate surface area is 175 Å². The average molecular weight is 411 g/mol. The fourth-order valence-corrected chi connectivity index (χ4v) is 4.10. The van der Waals surface area contributed by atoms with Crippen molar-refractivity contribution in [1.29, 1.82) is 0 Å². The number of rotatable bonds is 11. The Morgan fingerprint density at radius 3 is 2.07 bits per heavy atom. The fourth-order valence-electron chi connectivity index (χ4n) is 3.44. The smallest absolute Gasteiger partial charge is 0.394 e. The molecular weight excluding hydrogens is 367 g/mol. The second kappa shape index (κ2) is 11.5. The van der Waals surface area contributed by atoms with Crippen LogP contribution < -0.4 is 4.52 Å². The number of benzene rings is 1. The molecule has 0 amide bonds. The first kappa shape index (κ1) is 25.4. The van der Waals surface area contributed by atoms with Crippen LogP contribution in [0.1, 0.15) is 105 Å². The topological polar surface area (TPSA) is 38.7 Å². The van der Waals surface area contributed by atoms with Crippen molar-refractivity contribution in [3.63, 3.8) is 0 Å². The second-order valence-electron chi connectivity index (χ2n) is 10.3. The molecule has 0 saturated heterocycles. The van der Waals surface area contributed by atoms with E-state index in [0.717, 1.165) is 30.1 Å². The van der Waals surface area contributed by atoms with E-state index >= 15 is 0 Å². The van der Waals surface area contributed by atoms with Gasteiger partial charge in [0, 0.05) is 5.56 Å². The van der Waals surface area contributed by atoms with Crippen LogP contribution in [0.2, 0.25) is 0 Å². The lowest BCUT2D eigenvalue weighted by atomic mass is 9.75. The molecule has 1 unspecified atom stereocenters. The van der Waals surface area contributed by atoms with Gasteiger partial charge in [0.25, 0.3) is 0 Å². The molecule has 0 heterocycles. The van der Waals surface area contributed by atoms with Crippen molar-refractivity contribution in [2.75, 3.05) is 6.61 Å². The monoisotopic (exact) mass is 410 g/mol. The zero-order chi connectivity index (χ0) is 21.4. The van der Waals surface area contributed by atoms with Gasteiger partial charge in [-0.3, -0.25) is 0 Å². The molecule has 1 aromatic carbocycles. The SMILES string of the molecule is CC(C)CCCCCCCOP(O)Oc1cccc(C(C)(C)C)c1C(C)(C)C. The Bertz CT molecular complexity index is 570. The van der Waals surface area contributed by atoms with E-state index < -0.39 is 8.60 Å². The van der Waals surface area contributed by atoms with Gasteiger partial charge in [0.2, 0.25) is 0 Å². The van der Waals surface area contributed by atoms with E-state index in [1.54, 1.807) is 0 Å². The molecule has 0 fully saturated rings. The molecule has 1 aromatic rings. The van der Waals surface area contributed by atoms with E-state index in [1.165, 1.54) is 31.2 Å². The predicted octanol–water partition coefficient (Wildman–Crippen LogP) is 7.89. The third-order valence-corrected chi connectivity index (χ3v) is 5.64. The lowest BCUT2D eigenvalue weighted by Crippen LogP contribution is -2.22. The maximum Gasteiger partial charge on any atom is 0.394 e. The summed E-state index contributed by atoms with van der Waals surface area (Å²) in [7, 11) is -1.90. The van der Waals surface area contributed by atoms with Crippen LogP contribution in [0.15, 0.2) is 18.2 Å². The largest absolute Gasteiger partial charge is 0.427 e. The molecule has 0 aromatic heterocycles. The molecule has 4 heteroatoms. The Balaban J connectivity index is 2.55. The van der Waals surface area contributed by atoms with Gasteiger partial charge in [-0.2, -0.15) is 0 Å². The minimum Gasteiger partial charge on any atom is -0.427 e. The summed E-state index contributed by atoms with van der Waals surface area (Å²) < 4.78 is 11.5. The van der Waals surface area contributed by atoms with Crippen LogP contribution in [0.3, 0.4) is 0 Å². The zero-order valence-electron chi connectivity index (χ0n) is 19.5. The van der Waals surface area contributed by atoms with Gasteiger partial charge in [-0.05, 0) is 34.8 Å². The summed E-state index contributed by atoms with van der Waals surface area (Å²) in [5.74, 6) is 1.54. The Hall–Kier alpha value is -0.630. The normalized spacial score (nSPS) is 13.8. The highest BCUT2D eigenvalue weighted by Gasteiger charge is 2.29. The first-order valence-corrected chi connectivity index (χ1v) is 12.0. The minimum atomic E-state index is -1.90. The standard InChI is InChI=1S/C24H43O3P/c1-19(2)15-12-10-9-11-13-18-26-28(25)27-21-17-14-16-20(23(3,4)5)22(21)24(6,7)8/h14,16-17,19,25H,9-13,15,18H2,1-8H3. The summed E-state index contributed by atoms with van der Waals surface area (Å²) in [4.78, 5) is 10.3. The van der Waals surface area contributed by atoms with Crippen LogP contribution in [0, 0.1) is 5.92 Å². The summed E-state index contributed by atoms with van der Waals surface area (Å²) in [5.41, 5.74) is 2.34. The molecule has 1 rings (SSSR count). The second-order valence-corrected chi connectivity index (χ2v) is 11.2. The van der Waals surface area contributed by atoms with Gasteiger partial charge in [-0.1, -0.05) is 99.6 Å². The molecule has 1 N–H and O–H groups in total. The lowest BCUT2D eigenvalue weighted by molar-refractivity contribution is 0.252. The molecule has 0 bridgehead atoms. The van der Waals surface area contributed by atoms with Crippen molar-refractivity contribution in [3.05, 3.63) is 29.3 Å². The van der Waals surface area contributed by atoms with E-state index in [2.05, 4.69) is 61.5 Å². The quantitative estimate of drug-likeness (QED) is 0.298. The maximum atomic E-state index is 10.3. The summed E-state index contributed by atoms with van der Waals surface area (Å²) in [6.07, 6.45) is 7.27.